The molecule has 1 atom stereocenters. The minimum absolute atomic E-state index is 0.000901. The number of likely N-dealkylation sites (tertiary alicyclic amines) is 1. The van der Waals surface area contributed by atoms with Gasteiger partial charge >= 0.3 is 0 Å². The van der Waals surface area contributed by atoms with Crippen molar-refractivity contribution >= 4 is 0 Å². The molecule has 28 heavy (non-hydrogen) atoms. The Hall–Kier alpha value is -2.61. The molecule has 0 amide bonds. The predicted octanol–water partition coefficient (Wildman–Crippen LogP) is 3.85. The van der Waals surface area contributed by atoms with Gasteiger partial charge in [-0.3, -0.25) is 4.90 Å². The first-order valence-electron chi connectivity index (χ1n) is 9.75. The Morgan fingerprint density at radius 3 is 2.71 bits per heavy atom. The van der Waals surface area contributed by atoms with Gasteiger partial charge in [-0.15, -0.1) is 20.4 Å². The molecule has 3 heterocycles. The molecule has 3 aromatic rings. The van der Waals surface area contributed by atoms with Crippen LogP contribution in [0.3, 0.4) is 0 Å². The average molecular weight is 384 g/mol. The van der Waals surface area contributed by atoms with Crippen molar-refractivity contribution in [1.29, 1.82) is 0 Å². The van der Waals surface area contributed by atoms with Crippen LogP contribution in [-0.4, -0.2) is 36.4 Å². The lowest BCUT2D eigenvalue weighted by Crippen LogP contribution is -2.34. The summed E-state index contributed by atoms with van der Waals surface area (Å²) in [5.41, 5.74) is 0.332. The smallest absolute Gasteiger partial charge is 0.250 e. The van der Waals surface area contributed by atoms with Gasteiger partial charge in [0.2, 0.25) is 5.89 Å². The Labute approximate surface area is 163 Å². The molecule has 0 bridgehead atoms. The molecule has 0 saturated carbocycles. The van der Waals surface area contributed by atoms with Crippen molar-refractivity contribution < 1.29 is 8.81 Å². The van der Waals surface area contributed by atoms with Gasteiger partial charge in [0.1, 0.15) is 17.5 Å². The number of hydrogen-bond donors (Lipinski definition) is 0. The van der Waals surface area contributed by atoms with Gasteiger partial charge in [-0.2, -0.15) is 0 Å². The van der Waals surface area contributed by atoms with Gasteiger partial charge in [-0.1, -0.05) is 32.4 Å². The van der Waals surface area contributed by atoms with Crippen LogP contribution in [0.4, 0.5) is 4.39 Å². The van der Waals surface area contributed by atoms with E-state index in [9.17, 15) is 4.39 Å². The number of piperidine rings is 1. The standard InChI is InChI=1S/C20H25FN6O/c1-13(2)18-23-22-17(26(18)3)12-27-11-7-6-10-16(27)20-25-24-19(28-20)14-8-4-5-9-15(14)21/h4-5,8-9,13,16H,6-7,10-12H2,1-3H3/t16-/m0/s1. The van der Waals surface area contributed by atoms with Crippen LogP contribution >= 0.6 is 0 Å². The number of rotatable bonds is 5. The van der Waals surface area contributed by atoms with E-state index < -0.39 is 0 Å². The first-order chi connectivity index (χ1) is 13.5. The van der Waals surface area contributed by atoms with E-state index in [1.165, 1.54) is 6.07 Å². The molecule has 0 radical (unpaired) electrons. The van der Waals surface area contributed by atoms with Crippen LogP contribution in [0.25, 0.3) is 11.5 Å². The highest BCUT2D eigenvalue weighted by Crippen LogP contribution is 2.33. The molecule has 1 fully saturated rings. The van der Waals surface area contributed by atoms with Crippen molar-refractivity contribution in [3.8, 4) is 11.5 Å². The monoisotopic (exact) mass is 384 g/mol. The lowest BCUT2D eigenvalue weighted by Gasteiger charge is -2.32. The van der Waals surface area contributed by atoms with Crippen LogP contribution in [0, 0.1) is 5.82 Å². The molecule has 0 spiro atoms. The molecular formula is C20H25FN6O. The SMILES string of the molecule is CC(C)c1nnc(CN2CCCC[C@H]2c2nnc(-c3ccccc3F)o2)n1C. The zero-order chi connectivity index (χ0) is 19.7. The second kappa shape index (κ2) is 7.79. The van der Waals surface area contributed by atoms with Crippen LogP contribution < -0.4 is 0 Å². The number of hydrogen-bond acceptors (Lipinski definition) is 6. The summed E-state index contributed by atoms with van der Waals surface area (Å²) >= 11 is 0. The second-order valence-corrected chi connectivity index (χ2v) is 7.60. The first-order valence-corrected chi connectivity index (χ1v) is 9.75. The van der Waals surface area contributed by atoms with E-state index in [2.05, 4.69) is 43.7 Å². The van der Waals surface area contributed by atoms with Gasteiger partial charge in [0.15, 0.2) is 0 Å². The highest BCUT2D eigenvalue weighted by Gasteiger charge is 2.30. The quantitative estimate of drug-likeness (QED) is 0.665. The maximum atomic E-state index is 14.0. The largest absolute Gasteiger partial charge is 0.419 e. The minimum atomic E-state index is -0.363. The molecule has 8 heteroatoms. The number of halogens is 1. The average Bonchev–Trinajstić information content (AvgIpc) is 3.30. The second-order valence-electron chi connectivity index (χ2n) is 7.60. The molecule has 2 aromatic heterocycles. The zero-order valence-electron chi connectivity index (χ0n) is 16.5. The van der Waals surface area contributed by atoms with Crippen molar-refractivity contribution in [3.63, 3.8) is 0 Å². The molecule has 148 valence electrons. The number of nitrogens with zero attached hydrogens (tertiary/aromatic N) is 6. The van der Waals surface area contributed by atoms with Crippen LogP contribution in [0.5, 0.6) is 0 Å². The van der Waals surface area contributed by atoms with Crippen molar-refractivity contribution in [1.82, 2.24) is 29.9 Å². The molecule has 1 saturated heterocycles. The Balaban J connectivity index is 1.57. The highest BCUT2D eigenvalue weighted by atomic mass is 19.1. The van der Waals surface area contributed by atoms with Crippen molar-refractivity contribution in [2.24, 2.45) is 7.05 Å². The fraction of sp³-hybridized carbons (Fsp3) is 0.500. The molecule has 1 aromatic carbocycles. The fourth-order valence-corrected chi connectivity index (χ4v) is 3.77. The zero-order valence-corrected chi connectivity index (χ0v) is 16.5. The topological polar surface area (TPSA) is 72.9 Å². The van der Waals surface area contributed by atoms with E-state index >= 15 is 0 Å². The van der Waals surface area contributed by atoms with Crippen LogP contribution in [-0.2, 0) is 13.6 Å². The number of aromatic nitrogens is 5. The van der Waals surface area contributed by atoms with E-state index in [4.69, 9.17) is 4.42 Å². The Kier molecular flexibility index (Phi) is 5.21. The predicted molar refractivity (Wildman–Crippen MR) is 102 cm³/mol. The maximum Gasteiger partial charge on any atom is 0.250 e. The summed E-state index contributed by atoms with van der Waals surface area (Å²) in [4.78, 5) is 2.30. The molecular weight excluding hydrogens is 359 g/mol. The third kappa shape index (κ3) is 3.56. The lowest BCUT2D eigenvalue weighted by atomic mass is 10.0. The van der Waals surface area contributed by atoms with Gasteiger partial charge in [0.25, 0.3) is 5.89 Å². The fourth-order valence-electron chi connectivity index (χ4n) is 3.77. The molecule has 1 aliphatic heterocycles. The van der Waals surface area contributed by atoms with E-state index in [-0.39, 0.29) is 17.7 Å². The number of benzene rings is 1. The summed E-state index contributed by atoms with van der Waals surface area (Å²) in [7, 11) is 2.01. The van der Waals surface area contributed by atoms with Crippen molar-refractivity contribution in [2.75, 3.05) is 6.54 Å². The molecule has 7 nitrogen and oxygen atoms in total. The van der Waals surface area contributed by atoms with Gasteiger partial charge in [-0.05, 0) is 31.5 Å². The molecule has 0 N–H and O–H groups in total. The van der Waals surface area contributed by atoms with E-state index in [0.29, 0.717) is 23.9 Å². The highest BCUT2D eigenvalue weighted by molar-refractivity contribution is 5.53. The van der Waals surface area contributed by atoms with Crippen LogP contribution in [0.2, 0.25) is 0 Å². The third-order valence-electron chi connectivity index (χ3n) is 5.30. The van der Waals surface area contributed by atoms with Crippen LogP contribution in [0.15, 0.2) is 28.7 Å². The van der Waals surface area contributed by atoms with Crippen LogP contribution in [0.1, 0.15) is 62.6 Å². The van der Waals surface area contributed by atoms with E-state index in [0.717, 1.165) is 37.5 Å². The Morgan fingerprint density at radius 1 is 1.14 bits per heavy atom. The van der Waals surface area contributed by atoms with E-state index in [1.807, 2.05) is 7.05 Å². The van der Waals surface area contributed by atoms with E-state index in [1.54, 1.807) is 18.2 Å². The normalized spacial score (nSPS) is 18.1. The Morgan fingerprint density at radius 2 is 1.96 bits per heavy atom. The minimum Gasteiger partial charge on any atom is -0.419 e. The first kappa shape index (κ1) is 18.7. The van der Waals surface area contributed by atoms with Gasteiger partial charge < -0.3 is 8.98 Å². The Bertz CT molecular complexity index is 950. The van der Waals surface area contributed by atoms with Gasteiger partial charge in [0, 0.05) is 13.0 Å². The summed E-state index contributed by atoms with van der Waals surface area (Å²) in [6.45, 7) is 5.81. The maximum absolute atomic E-state index is 14.0. The summed E-state index contributed by atoms with van der Waals surface area (Å²) in [6.07, 6.45) is 3.13. The van der Waals surface area contributed by atoms with Gasteiger partial charge in [-0.25, -0.2) is 4.39 Å². The summed E-state index contributed by atoms with van der Waals surface area (Å²) in [6, 6.07) is 6.45. The summed E-state index contributed by atoms with van der Waals surface area (Å²) in [5, 5.41) is 17.0. The summed E-state index contributed by atoms with van der Waals surface area (Å²) < 4.78 is 22.0. The molecule has 0 unspecified atom stereocenters. The molecule has 0 aliphatic carbocycles. The van der Waals surface area contributed by atoms with Gasteiger partial charge in [0.05, 0.1) is 18.2 Å². The molecule has 1 aliphatic rings. The lowest BCUT2D eigenvalue weighted by molar-refractivity contribution is 0.114. The molecule has 4 rings (SSSR count). The van der Waals surface area contributed by atoms with Crippen molar-refractivity contribution in [3.05, 3.63) is 47.6 Å². The summed E-state index contributed by atoms with van der Waals surface area (Å²) in [5.74, 6) is 2.61. The third-order valence-corrected chi connectivity index (χ3v) is 5.30. The van der Waals surface area contributed by atoms with Crippen molar-refractivity contribution in [2.45, 2.75) is 51.6 Å².